The average molecular weight is 376 g/mol. The van der Waals surface area contributed by atoms with Crippen LogP contribution in [0.25, 0.3) is 0 Å². The molecule has 0 saturated carbocycles. The van der Waals surface area contributed by atoms with Crippen molar-refractivity contribution in [3.63, 3.8) is 0 Å². The van der Waals surface area contributed by atoms with Crippen LogP contribution in [0.1, 0.15) is 58.7 Å². The maximum absolute atomic E-state index is 11.4. The van der Waals surface area contributed by atoms with E-state index in [9.17, 15) is 9.90 Å². The highest BCUT2D eigenvalue weighted by molar-refractivity contribution is 7.14. The van der Waals surface area contributed by atoms with Crippen LogP contribution in [0, 0.1) is 0 Å². The number of aromatic nitrogens is 3. The topological polar surface area (TPSA) is 80.5 Å². The number of likely N-dealkylation sites (tertiary alicyclic amines) is 1. The first-order chi connectivity index (χ1) is 12.5. The van der Waals surface area contributed by atoms with Crippen molar-refractivity contribution in [1.82, 2.24) is 19.7 Å². The van der Waals surface area contributed by atoms with Gasteiger partial charge in [0.15, 0.2) is 0 Å². The summed E-state index contributed by atoms with van der Waals surface area (Å²) in [6, 6.07) is 2.19. The quantitative estimate of drug-likeness (QED) is 0.884. The third-order valence-electron chi connectivity index (χ3n) is 5.45. The minimum absolute atomic E-state index is 0.319. The Morgan fingerprint density at radius 1 is 1.42 bits per heavy atom. The molecule has 1 saturated heterocycles. The second kappa shape index (κ2) is 6.75. The predicted octanol–water partition coefficient (Wildman–Crippen LogP) is 2.68. The van der Waals surface area contributed by atoms with Gasteiger partial charge in [-0.1, -0.05) is 0 Å². The fraction of sp³-hybridized carbons (Fsp3) is 0.611. The first-order valence-corrected chi connectivity index (χ1v) is 9.91. The second-order valence-electron chi connectivity index (χ2n) is 7.37. The summed E-state index contributed by atoms with van der Waals surface area (Å²) in [7, 11) is 0. The van der Waals surface area contributed by atoms with Crippen molar-refractivity contribution in [3.8, 4) is 0 Å². The van der Waals surface area contributed by atoms with Crippen molar-refractivity contribution in [2.75, 3.05) is 19.7 Å². The van der Waals surface area contributed by atoms with E-state index in [1.54, 1.807) is 6.33 Å². The monoisotopic (exact) mass is 376 g/mol. The van der Waals surface area contributed by atoms with Crippen LogP contribution in [0.3, 0.4) is 0 Å². The number of carboxylic acids is 1. The van der Waals surface area contributed by atoms with Crippen molar-refractivity contribution in [2.45, 2.75) is 51.3 Å². The largest absolute Gasteiger partial charge is 0.477 e. The maximum atomic E-state index is 11.4. The zero-order valence-electron chi connectivity index (χ0n) is 15.1. The minimum Gasteiger partial charge on any atom is -0.477 e. The number of fused-ring (bicyclic) bond motifs is 2. The Bertz CT molecular complexity index is 805. The van der Waals surface area contributed by atoms with Gasteiger partial charge >= 0.3 is 5.97 Å². The lowest BCUT2D eigenvalue weighted by Gasteiger charge is -2.44. The Kier molecular flexibility index (Phi) is 4.58. The van der Waals surface area contributed by atoms with Crippen molar-refractivity contribution < 1.29 is 14.6 Å². The van der Waals surface area contributed by atoms with E-state index in [-0.39, 0.29) is 5.60 Å². The number of hydrogen-bond donors (Lipinski definition) is 1. The third kappa shape index (κ3) is 3.06. The molecule has 1 N–H and O–H groups in total. The van der Waals surface area contributed by atoms with Gasteiger partial charge in [-0.25, -0.2) is 4.79 Å². The summed E-state index contributed by atoms with van der Waals surface area (Å²) in [6.07, 6.45) is 4.37. The summed E-state index contributed by atoms with van der Waals surface area (Å²) < 4.78 is 8.33. The predicted molar refractivity (Wildman–Crippen MR) is 97.5 cm³/mol. The number of aromatic carboxylic acids is 1. The number of carboxylic acid groups (broad SMARTS) is 1. The molecule has 4 heterocycles. The molecule has 0 unspecified atom stereocenters. The Morgan fingerprint density at radius 3 is 2.88 bits per heavy atom. The SMILES string of the molecule is CC(C)n1cnnc1CN1CCC2(CC1)OCCc1sc(C(=O)O)cc12. The van der Waals surface area contributed by atoms with E-state index in [4.69, 9.17) is 4.74 Å². The lowest BCUT2D eigenvalue weighted by molar-refractivity contribution is -0.0984. The number of hydrogen-bond acceptors (Lipinski definition) is 6. The molecule has 2 aliphatic heterocycles. The molecule has 0 aliphatic carbocycles. The van der Waals surface area contributed by atoms with Crippen molar-refractivity contribution in [1.29, 1.82) is 0 Å². The van der Waals surface area contributed by atoms with Gasteiger partial charge in [0, 0.05) is 30.4 Å². The Balaban J connectivity index is 1.49. The molecule has 0 atom stereocenters. The standard InChI is InChI=1S/C18H24N4O3S/c1-12(2)22-11-19-20-16(22)10-21-6-4-18(5-7-21)13-9-15(17(23)24)26-14(13)3-8-25-18/h9,11-12H,3-8,10H2,1-2H3,(H,23,24). The normalized spacial score (nSPS) is 19.8. The number of nitrogens with zero attached hydrogens (tertiary/aromatic N) is 4. The molecule has 8 heteroatoms. The summed E-state index contributed by atoms with van der Waals surface area (Å²) in [6.45, 7) is 7.53. The van der Waals surface area contributed by atoms with Gasteiger partial charge in [0.2, 0.25) is 0 Å². The maximum Gasteiger partial charge on any atom is 0.345 e. The van der Waals surface area contributed by atoms with E-state index in [2.05, 4.69) is 33.5 Å². The Hall–Kier alpha value is -1.77. The van der Waals surface area contributed by atoms with E-state index >= 15 is 0 Å². The molecule has 2 aromatic heterocycles. The van der Waals surface area contributed by atoms with Gasteiger partial charge < -0.3 is 14.4 Å². The third-order valence-corrected chi connectivity index (χ3v) is 6.63. The summed E-state index contributed by atoms with van der Waals surface area (Å²) >= 11 is 1.41. The minimum atomic E-state index is -0.843. The molecular formula is C18H24N4O3S. The lowest BCUT2D eigenvalue weighted by atomic mass is 9.82. The van der Waals surface area contributed by atoms with Gasteiger partial charge in [-0.2, -0.15) is 0 Å². The van der Waals surface area contributed by atoms with E-state index in [1.807, 2.05) is 6.07 Å². The number of thiophene rings is 1. The van der Waals surface area contributed by atoms with Crippen LogP contribution in [0.2, 0.25) is 0 Å². The molecule has 2 aliphatic rings. The van der Waals surface area contributed by atoms with Gasteiger partial charge in [0.1, 0.15) is 17.0 Å². The molecule has 1 fully saturated rings. The lowest BCUT2D eigenvalue weighted by Crippen LogP contribution is -2.46. The summed E-state index contributed by atoms with van der Waals surface area (Å²) in [5.74, 6) is 0.148. The molecular weight excluding hydrogens is 352 g/mol. The van der Waals surface area contributed by atoms with Crippen LogP contribution in [0.4, 0.5) is 0 Å². The van der Waals surface area contributed by atoms with E-state index in [0.29, 0.717) is 17.5 Å². The molecule has 7 nitrogen and oxygen atoms in total. The summed E-state index contributed by atoms with van der Waals surface area (Å²) in [4.78, 5) is 15.3. The average Bonchev–Trinajstić information content (AvgIpc) is 3.25. The molecule has 140 valence electrons. The molecule has 0 bridgehead atoms. The number of piperidine rings is 1. The smallest absolute Gasteiger partial charge is 0.345 e. The number of rotatable bonds is 4. The van der Waals surface area contributed by atoms with Crippen LogP contribution in [0.15, 0.2) is 12.4 Å². The number of ether oxygens (including phenoxy) is 1. The summed E-state index contributed by atoms with van der Waals surface area (Å²) in [5.41, 5.74) is 0.788. The zero-order chi connectivity index (χ0) is 18.3. The number of carbonyl (C=O) groups is 1. The van der Waals surface area contributed by atoms with Crippen LogP contribution in [-0.4, -0.2) is 50.4 Å². The van der Waals surface area contributed by atoms with E-state index in [0.717, 1.165) is 50.3 Å². The highest BCUT2D eigenvalue weighted by atomic mass is 32.1. The Labute approximate surface area is 156 Å². The molecule has 1 spiro atoms. The van der Waals surface area contributed by atoms with Gasteiger partial charge in [-0.05, 0) is 38.3 Å². The van der Waals surface area contributed by atoms with Gasteiger partial charge in [-0.3, -0.25) is 4.90 Å². The van der Waals surface area contributed by atoms with Gasteiger partial charge in [0.25, 0.3) is 0 Å². The molecule has 4 rings (SSSR count). The van der Waals surface area contributed by atoms with Crippen LogP contribution in [-0.2, 0) is 23.3 Å². The molecule has 0 amide bonds. The fourth-order valence-electron chi connectivity index (χ4n) is 4.02. The van der Waals surface area contributed by atoms with Gasteiger partial charge in [0.05, 0.1) is 18.8 Å². The van der Waals surface area contributed by atoms with Crippen molar-refractivity contribution >= 4 is 17.3 Å². The molecule has 0 aromatic carbocycles. The van der Waals surface area contributed by atoms with Crippen molar-refractivity contribution in [3.05, 3.63) is 33.5 Å². The molecule has 0 radical (unpaired) electrons. The first-order valence-electron chi connectivity index (χ1n) is 9.10. The van der Waals surface area contributed by atoms with E-state index < -0.39 is 5.97 Å². The highest BCUT2D eigenvalue weighted by Crippen LogP contribution is 2.44. The highest BCUT2D eigenvalue weighted by Gasteiger charge is 2.42. The van der Waals surface area contributed by atoms with Gasteiger partial charge in [-0.15, -0.1) is 21.5 Å². The first kappa shape index (κ1) is 17.6. The van der Waals surface area contributed by atoms with Crippen LogP contribution in [0.5, 0.6) is 0 Å². The molecule has 2 aromatic rings. The fourth-order valence-corrected chi connectivity index (χ4v) is 5.09. The molecule has 26 heavy (non-hydrogen) atoms. The summed E-state index contributed by atoms with van der Waals surface area (Å²) in [5, 5.41) is 17.6. The van der Waals surface area contributed by atoms with Crippen LogP contribution < -0.4 is 0 Å². The second-order valence-corrected chi connectivity index (χ2v) is 8.51. The zero-order valence-corrected chi connectivity index (χ0v) is 16.0. The van der Waals surface area contributed by atoms with Crippen LogP contribution >= 0.6 is 11.3 Å². The van der Waals surface area contributed by atoms with Crippen molar-refractivity contribution in [2.24, 2.45) is 0 Å². The Morgan fingerprint density at radius 2 is 2.19 bits per heavy atom. The van der Waals surface area contributed by atoms with E-state index in [1.165, 1.54) is 16.2 Å².